The predicted octanol–water partition coefficient (Wildman–Crippen LogP) is 3.17. The number of benzene rings is 1. The molecule has 2 rings (SSSR count). The predicted molar refractivity (Wildman–Crippen MR) is 88.7 cm³/mol. The SMILES string of the molecule is CSCc1ccc(NC(=O)N2CCCC(C(C)O)C2)cc1. The van der Waals surface area contributed by atoms with Crippen molar-refractivity contribution in [2.75, 3.05) is 24.7 Å². The summed E-state index contributed by atoms with van der Waals surface area (Å²) in [6.07, 6.45) is 3.66. The van der Waals surface area contributed by atoms with Gasteiger partial charge in [-0.3, -0.25) is 0 Å². The number of thioether (sulfide) groups is 1. The number of hydrogen-bond donors (Lipinski definition) is 2. The van der Waals surface area contributed by atoms with Crippen molar-refractivity contribution in [1.29, 1.82) is 0 Å². The van der Waals surface area contributed by atoms with E-state index in [4.69, 9.17) is 0 Å². The second kappa shape index (κ2) is 7.71. The van der Waals surface area contributed by atoms with Crippen molar-refractivity contribution in [3.8, 4) is 0 Å². The molecule has 0 radical (unpaired) electrons. The number of hydrogen-bond acceptors (Lipinski definition) is 3. The first-order valence-electron chi connectivity index (χ1n) is 7.42. The van der Waals surface area contributed by atoms with Crippen LogP contribution in [0.4, 0.5) is 10.5 Å². The van der Waals surface area contributed by atoms with Crippen LogP contribution in [0.2, 0.25) is 0 Å². The Balaban J connectivity index is 1.91. The van der Waals surface area contributed by atoms with E-state index in [0.29, 0.717) is 6.54 Å². The summed E-state index contributed by atoms with van der Waals surface area (Å²) in [4.78, 5) is 14.1. The van der Waals surface area contributed by atoms with E-state index in [-0.39, 0.29) is 18.1 Å². The van der Waals surface area contributed by atoms with Crippen LogP contribution in [0.3, 0.4) is 0 Å². The van der Waals surface area contributed by atoms with Crippen molar-refractivity contribution in [3.63, 3.8) is 0 Å². The highest BCUT2D eigenvalue weighted by Crippen LogP contribution is 2.21. The molecule has 1 fully saturated rings. The molecule has 4 nitrogen and oxygen atoms in total. The van der Waals surface area contributed by atoms with Gasteiger partial charge in [-0.05, 0) is 43.7 Å². The van der Waals surface area contributed by atoms with Crippen molar-refractivity contribution >= 4 is 23.5 Å². The van der Waals surface area contributed by atoms with Crippen LogP contribution in [0.5, 0.6) is 0 Å². The van der Waals surface area contributed by atoms with Crippen LogP contribution in [0, 0.1) is 5.92 Å². The third-order valence-electron chi connectivity index (χ3n) is 3.94. The molecule has 2 N–H and O–H groups in total. The van der Waals surface area contributed by atoms with Gasteiger partial charge < -0.3 is 15.3 Å². The molecule has 0 bridgehead atoms. The lowest BCUT2D eigenvalue weighted by Crippen LogP contribution is -2.44. The Morgan fingerprint density at radius 2 is 2.19 bits per heavy atom. The molecule has 1 aromatic rings. The largest absolute Gasteiger partial charge is 0.393 e. The number of anilines is 1. The molecule has 5 heteroatoms. The summed E-state index contributed by atoms with van der Waals surface area (Å²) >= 11 is 1.78. The third-order valence-corrected chi connectivity index (χ3v) is 4.57. The van der Waals surface area contributed by atoms with E-state index in [2.05, 4.69) is 11.6 Å². The average molecular weight is 308 g/mol. The monoisotopic (exact) mass is 308 g/mol. The first kappa shape index (κ1) is 16.2. The summed E-state index contributed by atoms with van der Waals surface area (Å²) in [6.45, 7) is 3.20. The Kier molecular flexibility index (Phi) is 5.94. The molecular formula is C16H24N2O2S. The van der Waals surface area contributed by atoms with E-state index in [1.165, 1.54) is 5.56 Å². The molecule has 116 valence electrons. The van der Waals surface area contributed by atoms with Gasteiger partial charge in [0.15, 0.2) is 0 Å². The van der Waals surface area contributed by atoms with Crippen molar-refractivity contribution in [3.05, 3.63) is 29.8 Å². The third kappa shape index (κ3) is 4.64. The minimum absolute atomic E-state index is 0.0713. The summed E-state index contributed by atoms with van der Waals surface area (Å²) in [5.41, 5.74) is 2.08. The van der Waals surface area contributed by atoms with Gasteiger partial charge in [0, 0.05) is 30.4 Å². The topological polar surface area (TPSA) is 52.6 Å². The number of likely N-dealkylation sites (tertiary alicyclic amines) is 1. The zero-order chi connectivity index (χ0) is 15.2. The number of rotatable bonds is 4. The quantitative estimate of drug-likeness (QED) is 0.898. The molecule has 0 aromatic heterocycles. The second-order valence-electron chi connectivity index (χ2n) is 5.65. The molecule has 2 amide bonds. The average Bonchev–Trinajstić information content (AvgIpc) is 2.49. The van der Waals surface area contributed by atoms with Crippen molar-refractivity contribution in [1.82, 2.24) is 4.90 Å². The summed E-state index contributed by atoms with van der Waals surface area (Å²) < 4.78 is 0. The zero-order valence-corrected chi connectivity index (χ0v) is 13.5. The Hall–Kier alpha value is -1.20. The number of amides is 2. The molecular weight excluding hydrogens is 284 g/mol. The molecule has 21 heavy (non-hydrogen) atoms. The molecule has 1 aliphatic rings. The fourth-order valence-electron chi connectivity index (χ4n) is 2.64. The van der Waals surface area contributed by atoms with Gasteiger partial charge in [0.05, 0.1) is 6.10 Å². The van der Waals surface area contributed by atoms with Crippen molar-refractivity contribution in [2.45, 2.75) is 31.6 Å². The molecule has 1 aliphatic heterocycles. The van der Waals surface area contributed by atoms with Crippen LogP contribution in [0.25, 0.3) is 0 Å². The number of nitrogens with zero attached hydrogens (tertiary/aromatic N) is 1. The van der Waals surface area contributed by atoms with Gasteiger partial charge in [0.25, 0.3) is 0 Å². The second-order valence-corrected chi connectivity index (χ2v) is 6.52. The standard InChI is InChI=1S/C16H24N2O2S/c1-12(19)14-4-3-9-18(10-14)16(20)17-15-7-5-13(6-8-15)11-21-2/h5-8,12,14,19H,3-4,9-11H2,1-2H3,(H,17,20). The zero-order valence-electron chi connectivity index (χ0n) is 12.7. The normalized spacial score (nSPS) is 20.1. The Labute approximate surface area is 130 Å². The van der Waals surface area contributed by atoms with Crippen LogP contribution in [-0.2, 0) is 5.75 Å². The molecule has 1 heterocycles. The number of urea groups is 1. The van der Waals surface area contributed by atoms with Crippen LogP contribution in [0.1, 0.15) is 25.3 Å². The summed E-state index contributed by atoms with van der Waals surface area (Å²) in [7, 11) is 0. The minimum Gasteiger partial charge on any atom is -0.393 e. The molecule has 0 saturated carbocycles. The van der Waals surface area contributed by atoms with Crippen molar-refractivity contribution in [2.24, 2.45) is 5.92 Å². The van der Waals surface area contributed by atoms with E-state index < -0.39 is 0 Å². The van der Waals surface area contributed by atoms with Crippen LogP contribution < -0.4 is 5.32 Å². The molecule has 2 unspecified atom stereocenters. The molecule has 0 aliphatic carbocycles. The van der Waals surface area contributed by atoms with Gasteiger partial charge in [-0.1, -0.05) is 12.1 Å². The Morgan fingerprint density at radius 3 is 2.81 bits per heavy atom. The van der Waals surface area contributed by atoms with Crippen LogP contribution >= 0.6 is 11.8 Å². The molecule has 1 aromatic carbocycles. The minimum atomic E-state index is -0.355. The number of carbonyl (C=O) groups is 1. The van der Waals surface area contributed by atoms with Gasteiger partial charge in [0.2, 0.25) is 0 Å². The van der Waals surface area contributed by atoms with E-state index >= 15 is 0 Å². The lowest BCUT2D eigenvalue weighted by atomic mass is 9.94. The fourth-order valence-corrected chi connectivity index (χ4v) is 3.17. The van der Waals surface area contributed by atoms with Gasteiger partial charge in [-0.2, -0.15) is 11.8 Å². The maximum Gasteiger partial charge on any atom is 0.321 e. The van der Waals surface area contributed by atoms with Gasteiger partial charge >= 0.3 is 6.03 Å². The van der Waals surface area contributed by atoms with Crippen LogP contribution in [0.15, 0.2) is 24.3 Å². The number of aliphatic hydroxyl groups excluding tert-OH is 1. The van der Waals surface area contributed by atoms with Crippen molar-refractivity contribution < 1.29 is 9.90 Å². The summed E-state index contributed by atoms with van der Waals surface area (Å²) in [6, 6.07) is 7.90. The van der Waals surface area contributed by atoms with E-state index in [0.717, 1.165) is 30.8 Å². The summed E-state index contributed by atoms with van der Waals surface area (Å²) in [5, 5.41) is 12.6. The Bertz CT molecular complexity index is 462. The highest BCUT2D eigenvalue weighted by Gasteiger charge is 2.26. The van der Waals surface area contributed by atoms with Gasteiger partial charge in [-0.25, -0.2) is 4.79 Å². The number of nitrogens with one attached hydrogen (secondary N) is 1. The Morgan fingerprint density at radius 1 is 1.48 bits per heavy atom. The van der Waals surface area contributed by atoms with Crippen LogP contribution in [-0.4, -0.2) is 41.5 Å². The molecule has 1 saturated heterocycles. The van der Waals surface area contributed by atoms with E-state index in [1.807, 2.05) is 24.3 Å². The van der Waals surface area contributed by atoms with Gasteiger partial charge in [0.1, 0.15) is 0 Å². The lowest BCUT2D eigenvalue weighted by Gasteiger charge is -2.34. The fraction of sp³-hybridized carbons (Fsp3) is 0.562. The highest BCUT2D eigenvalue weighted by molar-refractivity contribution is 7.97. The number of aliphatic hydroxyl groups is 1. The molecule has 2 atom stereocenters. The number of carbonyl (C=O) groups excluding carboxylic acids is 1. The van der Waals surface area contributed by atoms with E-state index in [9.17, 15) is 9.90 Å². The van der Waals surface area contributed by atoms with E-state index in [1.54, 1.807) is 23.6 Å². The highest BCUT2D eigenvalue weighted by atomic mass is 32.2. The number of piperidine rings is 1. The lowest BCUT2D eigenvalue weighted by molar-refractivity contribution is 0.0766. The first-order valence-corrected chi connectivity index (χ1v) is 8.81. The molecule has 0 spiro atoms. The maximum absolute atomic E-state index is 12.3. The maximum atomic E-state index is 12.3. The summed E-state index contributed by atoms with van der Waals surface area (Å²) in [5.74, 6) is 1.17. The first-order chi connectivity index (χ1) is 10.1. The van der Waals surface area contributed by atoms with Gasteiger partial charge in [-0.15, -0.1) is 0 Å². The smallest absolute Gasteiger partial charge is 0.321 e.